The van der Waals surface area contributed by atoms with E-state index in [1.165, 1.54) is 4.90 Å². The maximum absolute atomic E-state index is 12.9. The third kappa shape index (κ3) is 3.87. The summed E-state index contributed by atoms with van der Waals surface area (Å²) in [6, 6.07) is 15.0. The maximum Gasteiger partial charge on any atom is 0.412 e. The molecule has 1 aliphatic carbocycles. The maximum atomic E-state index is 12.9. The number of anilines is 1. The molecule has 1 atom stereocenters. The van der Waals surface area contributed by atoms with Crippen molar-refractivity contribution >= 4 is 23.8 Å². The molecule has 10 heteroatoms. The number of nitrogens with zero attached hydrogens (tertiary/aromatic N) is 3. The van der Waals surface area contributed by atoms with Crippen molar-refractivity contribution < 1.29 is 28.9 Å². The van der Waals surface area contributed by atoms with Crippen molar-refractivity contribution in [3.05, 3.63) is 65.4 Å². The molecular formula is C24H22N4O6. The number of hydrogen-bond acceptors (Lipinski definition) is 7. The molecule has 1 aliphatic heterocycles. The van der Waals surface area contributed by atoms with Gasteiger partial charge in [0, 0.05) is 12.5 Å². The lowest BCUT2D eigenvalue weighted by atomic mass is 9.98. The topological polar surface area (TPSA) is 135 Å². The number of likely N-dealkylation sites (tertiary alicyclic amines) is 1. The average Bonchev–Trinajstić information content (AvgIpc) is 3.44. The van der Waals surface area contributed by atoms with Gasteiger partial charge < -0.3 is 14.7 Å². The first-order valence-electron chi connectivity index (χ1n) is 11.0. The molecule has 2 aromatic carbocycles. The van der Waals surface area contributed by atoms with Gasteiger partial charge in [0.15, 0.2) is 0 Å². The number of aromatic nitrogens is 2. The number of aliphatic carboxylic acids is 1. The van der Waals surface area contributed by atoms with Crippen LogP contribution in [-0.4, -0.2) is 57.5 Å². The second-order valence-electron chi connectivity index (χ2n) is 8.26. The predicted octanol–water partition coefficient (Wildman–Crippen LogP) is 3.51. The van der Waals surface area contributed by atoms with Crippen molar-refractivity contribution in [3.63, 3.8) is 0 Å². The number of carbonyl (C=O) groups excluding carboxylic acids is 2. The highest BCUT2D eigenvalue weighted by atomic mass is 16.6. The monoisotopic (exact) mass is 462 g/mol. The summed E-state index contributed by atoms with van der Waals surface area (Å²) in [6.45, 7) is 0.356. The van der Waals surface area contributed by atoms with Crippen molar-refractivity contribution in [2.45, 2.75) is 31.2 Å². The zero-order valence-corrected chi connectivity index (χ0v) is 18.1. The third-order valence-electron chi connectivity index (χ3n) is 6.30. The fraction of sp³-hybridized carbons (Fsp3) is 0.292. The van der Waals surface area contributed by atoms with Gasteiger partial charge in [0.1, 0.15) is 12.6 Å². The van der Waals surface area contributed by atoms with E-state index >= 15 is 0 Å². The minimum absolute atomic E-state index is 0.0850. The van der Waals surface area contributed by atoms with Crippen LogP contribution < -0.4 is 5.32 Å². The van der Waals surface area contributed by atoms with Gasteiger partial charge in [0.05, 0.1) is 0 Å². The number of carboxylic acid groups (broad SMARTS) is 1. The first-order chi connectivity index (χ1) is 16.5. The highest BCUT2D eigenvalue weighted by Crippen LogP contribution is 2.44. The normalized spacial score (nSPS) is 17.1. The second-order valence-corrected chi connectivity index (χ2v) is 8.26. The number of hydrogen-bond donors (Lipinski definition) is 2. The summed E-state index contributed by atoms with van der Waals surface area (Å²) in [4.78, 5) is 38.2. The number of fused-ring (bicyclic) bond motifs is 3. The summed E-state index contributed by atoms with van der Waals surface area (Å²) < 4.78 is 10.1. The number of carbonyl (C=O) groups is 3. The van der Waals surface area contributed by atoms with Crippen molar-refractivity contribution in [1.82, 2.24) is 15.2 Å². The number of nitrogens with one attached hydrogen (secondary N) is 1. The van der Waals surface area contributed by atoms with Gasteiger partial charge in [-0.1, -0.05) is 48.5 Å². The molecule has 10 nitrogen and oxygen atoms in total. The van der Waals surface area contributed by atoms with Gasteiger partial charge in [0.25, 0.3) is 5.91 Å². The van der Waals surface area contributed by atoms with E-state index < -0.39 is 24.0 Å². The quantitative estimate of drug-likeness (QED) is 0.588. The van der Waals surface area contributed by atoms with Gasteiger partial charge in [-0.3, -0.25) is 10.1 Å². The van der Waals surface area contributed by atoms with Crippen LogP contribution in [0.3, 0.4) is 0 Å². The molecule has 0 radical (unpaired) electrons. The Kier molecular flexibility index (Phi) is 5.70. The predicted molar refractivity (Wildman–Crippen MR) is 119 cm³/mol. The van der Waals surface area contributed by atoms with E-state index in [-0.39, 0.29) is 30.6 Å². The molecule has 0 bridgehead atoms. The van der Waals surface area contributed by atoms with Crippen LogP contribution >= 0.6 is 0 Å². The zero-order valence-electron chi connectivity index (χ0n) is 18.1. The Morgan fingerprint density at radius 1 is 1.03 bits per heavy atom. The summed E-state index contributed by atoms with van der Waals surface area (Å²) in [6.07, 6.45) is 0.917. The molecule has 2 N–H and O–H groups in total. The zero-order chi connectivity index (χ0) is 23.7. The van der Waals surface area contributed by atoms with E-state index in [1.54, 1.807) is 0 Å². The fourth-order valence-electron chi connectivity index (χ4n) is 4.71. The molecule has 2 amide bonds. The summed E-state index contributed by atoms with van der Waals surface area (Å²) in [5, 5.41) is 19.0. The van der Waals surface area contributed by atoms with E-state index in [4.69, 9.17) is 4.74 Å². The van der Waals surface area contributed by atoms with Crippen molar-refractivity contribution in [3.8, 4) is 11.1 Å². The minimum atomic E-state index is -1.09. The molecule has 174 valence electrons. The molecule has 0 spiro atoms. The third-order valence-corrected chi connectivity index (χ3v) is 6.30. The second kappa shape index (κ2) is 8.97. The van der Waals surface area contributed by atoms with E-state index in [0.29, 0.717) is 19.3 Å². The van der Waals surface area contributed by atoms with E-state index in [0.717, 1.165) is 22.3 Å². The lowest BCUT2D eigenvalue weighted by Gasteiger charge is -2.32. The van der Waals surface area contributed by atoms with Crippen LogP contribution in [0.1, 0.15) is 46.8 Å². The lowest BCUT2D eigenvalue weighted by molar-refractivity contribution is -0.143. The number of ether oxygens (including phenoxy) is 1. The number of rotatable bonds is 5. The SMILES string of the molecule is O=C(Nc1nonc1C(=O)N1CCCC[C@H]1C(=O)O)OCC1c2ccccc2-c2ccccc21. The number of amides is 2. The molecule has 1 aromatic heterocycles. The molecule has 0 saturated carbocycles. The molecular weight excluding hydrogens is 440 g/mol. The summed E-state index contributed by atoms with van der Waals surface area (Å²) in [7, 11) is 0. The Morgan fingerprint density at radius 2 is 1.71 bits per heavy atom. The van der Waals surface area contributed by atoms with E-state index in [9.17, 15) is 19.5 Å². The van der Waals surface area contributed by atoms with Gasteiger partial charge in [-0.25, -0.2) is 14.2 Å². The smallest absolute Gasteiger partial charge is 0.412 e. The van der Waals surface area contributed by atoms with E-state index in [2.05, 4.69) is 20.3 Å². The molecule has 0 unspecified atom stereocenters. The molecule has 5 rings (SSSR count). The standard InChI is InChI=1S/C24H22N4O6/c29-22(28-12-6-5-11-19(28)23(30)31)20-21(27-34-26-20)25-24(32)33-13-18-16-9-3-1-7-14(16)15-8-2-4-10-17(15)18/h1-4,7-10,18-19H,5-6,11-13H2,(H,30,31)(H,25,27,32)/t19-/m0/s1. The molecule has 3 aromatic rings. The van der Waals surface area contributed by atoms with Gasteiger partial charge in [-0.2, -0.15) is 0 Å². The van der Waals surface area contributed by atoms with Gasteiger partial charge in [-0.15, -0.1) is 0 Å². The number of benzene rings is 2. The molecule has 1 saturated heterocycles. The fourth-order valence-corrected chi connectivity index (χ4v) is 4.71. The van der Waals surface area contributed by atoms with Crippen LogP contribution in [0.2, 0.25) is 0 Å². The lowest BCUT2D eigenvalue weighted by Crippen LogP contribution is -2.48. The average molecular weight is 462 g/mol. The summed E-state index contributed by atoms with van der Waals surface area (Å²) in [5.41, 5.74) is 4.09. The van der Waals surface area contributed by atoms with Crippen LogP contribution in [0.25, 0.3) is 11.1 Å². The van der Waals surface area contributed by atoms with Crippen molar-refractivity contribution in [1.29, 1.82) is 0 Å². The Morgan fingerprint density at radius 3 is 2.38 bits per heavy atom. The summed E-state index contributed by atoms with van der Waals surface area (Å²) >= 11 is 0. The number of piperidine rings is 1. The van der Waals surface area contributed by atoms with Crippen molar-refractivity contribution in [2.75, 3.05) is 18.5 Å². The van der Waals surface area contributed by atoms with E-state index in [1.807, 2.05) is 48.5 Å². The van der Waals surface area contributed by atoms with Crippen LogP contribution in [-0.2, 0) is 9.53 Å². The first kappa shape index (κ1) is 21.6. The molecule has 1 fully saturated rings. The minimum Gasteiger partial charge on any atom is -0.480 e. The van der Waals surface area contributed by atoms with Gasteiger partial charge in [-0.05, 0) is 51.8 Å². The Labute approximate surface area is 194 Å². The van der Waals surface area contributed by atoms with Crippen LogP contribution in [0.4, 0.5) is 10.6 Å². The first-order valence-corrected chi connectivity index (χ1v) is 11.0. The highest BCUT2D eigenvalue weighted by Gasteiger charge is 2.36. The van der Waals surface area contributed by atoms with Crippen LogP contribution in [0.15, 0.2) is 53.2 Å². The number of carboxylic acids is 1. The highest BCUT2D eigenvalue weighted by molar-refractivity contribution is 6.01. The van der Waals surface area contributed by atoms with Crippen molar-refractivity contribution in [2.24, 2.45) is 0 Å². The Bertz CT molecular complexity index is 1210. The largest absolute Gasteiger partial charge is 0.480 e. The molecule has 34 heavy (non-hydrogen) atoms. The summed E-state index contributed by atoms with van der Waals surface area (Å²) in [5.74, 6) is -2.09. The van der Waals surface area contributed by atoms with Gasteiger partial charge >= 0.3 is 12.1 Å². The molecule has 2 aliphatic rings. The van der Waals surface area contributed by atoms with Crippen LogP contribution in [0, 0.1) is 0 Å². The Balaban J connectivity index is 1.28. The van der Waals surface area contributed by atoms with Crippen LogP contribution in [0.5, 0.6) is 0 Å². The van der Waals surface area contributed by atoms with Gasteiger partial charge in [0.2, 0.25) is 11.5 Å². The molecule has 2 heterocycles. The Hall–Kier alpha value is -4.21.